The number of aliphatic hydroxyl groups excluding tert-OH is 1. The van der Waals surface area contributed by atoms with E-state index in [-0.39, 0.29) is 12.2 Å². The largest absolute Gasteiger partial charge is 0.390 e. The molecule has 0 aromatic heterocycles. The van der Waals surface area contributed by atoms with Gasteiger partial charge >= 0.3 is 0 Å². The monoisotopic (exact) mass is 244 g/mol. The first-order valence-corrected chi connectivity index (χ1v) is 7.15. The van der Waals surface area contributed by atoms with Crippen molar-refractivity contribution in [1.82, 2.24) is 0 Å². The summed E-state index contributed by atoms with van der Waals surface area (Å²) in [6.07, 6.45) is 6.28. The van der Waals surface area contributed by atoms with E-state index in [1.54, 1.807) is 0 Å². The van der Waals surface area contributed by atoms with Gasteiger partial charge in [-0.3, -0.25) is 0 Å². The fourth-order valence-electron chi connectivity index (χ4n) is 2.35. The van der Waals surface area contributed by atoms with Crippen LogP contribution in [0.2, 0.25) is 0 Å². The minimum atomic E-state index is -0.270. The highest BCUT2D eigenvalue weighted by Crippen LogP contribution is 2.28. The number of hydrogen-bond acceptors (Lipinski definition) is 3. The summed E-state index contributed by atoms with van der Waals surface area (Å²) in [5.41, 5.74) is 0. The number of hydrogen-bond donors (Lipinski definition) is 1. The Labute approximate surface area is 105 Å². The van der Waals surface area contributed by atoms with E-state index in [0.717, 1.165) is 38.2 Å². The second kappa shape index (κ2) is 8.90. The van der Waals surface area contributed by atoms with E-state index in [2.05, 4.69) is 13.8 Å². The van der Waals surface area contributed by atoms with Crippen molar-refractivity contribution >= 4 is 0 Å². The molecule has 0 spiro atoms. The zero-order valence-corrected chi connectivity index (χ0v) is 11.4. The Morgan fingerprint density at radius 2 is 1.94 bits per heavy atom. The van der Waals surface area contributed by atoms with Crippen LogP contribution in [0.25, 0.3) is 0 Å². The molecule has 3 unspecified atom stereocenters. The third-order valence-electron chi connectivity index (χ3n) is 3.64. The van der Waals surface area contributed by atoms with E-state index in [1.165, 1.54) is 12.8 Å². The van der Waals surface area contributed by atoms with Crippen LogP contribution in [0.1, 0.15) is 52.4 Å². The minimum absolute atomic E-state index is 0.0310. The quantitative estimate of drug-likeness (QED) is 0.667. The van der Waals surface area contributed by atoms with Crippen molar-refractivity contribution in [1.29, 1.82) is 0 Å². The topological polar surface area (TPSA) is 38.7 Å². The molecule has 0 saturated heterocycles. The molecular weight excluding hydrogens is 216 g/mol. The smallest absolute Gasteiger partial charge is 0.0837 e. The Bertz CT molecular complexity index is 184. The molecule has 1 rings (SSSR count). The Morgan fingerprint density at radius 1 is 1.12 bits per heavy atom. The maximum Gasteiger partial charge on any atom is 0.0837 e. The van der Waals surface area contributed by atoms with Crippen molar-refractivity contribution in [3.63, 3.8) is 0 Å². The predicted molar refractivity (Wildman–Crippen MR) is 69.1 cm³/mol. The SMILES string of the molecule is CCCCOCCOC1CC(CC)CCC1O. The van der Waals surface area contributed by atoms with Gasteiger partial charge in [-0.1, -0.05) is 26.7 Å². The van der Waals surface area contributed by atoms with Gasteiger partial charge in [-0.25, -0.2) is 0 Å². The molecule has 0 aromatic rings. The van der Waals surface area contributed by atoms with Gasteiger partial charge in [0.15, 0.2) is 0 Å². The van der Waals surface area contributed by atoms with Gasteiger partial charge in [0.1, 0.15) is 0 Å². The summed E-state index contributed by atoms with van der Waals surface area (Å²) < 4.78 is 11.2. The third kappa shape index (κ3) is 5.84. The molecule has 0 bridgehead atoms. The van der Waals surface area contributed by atoms with Crippen LogP contribution in [0.4, 0.5) is 0 Å². The van der Waals surface area contributed by atoms with Gasteiger partial charge in [0.25, 0.3) is 0 Å². The summed E-state index contributed by atoms with van der Waals surface area (Å²) in [5, 5.41) is 9.86. The maximum atomic E-state index is 9.86. The average molecular weight is 244 g/mol. The fraction of sp³-hybridized carbons (Fsp3) is 1.00. The molecule has 1 N–H and O–H groups in total. The zero-order chi connectivity index (χ0) is 12.5. The molecule has 1 saturated carbocycles. The van der Waals surface area contributed by atoms with Crippen LogP contribution in [-0.4, -0.2) is 37.1 Å². The molecule has 3 heteroatoms. The molecule has 3 nitrogen and oxygen atoms in total. The Morgan fingerprint density at radius 3 is 2.65 bits per heavy atom. The Balaban J connectivity index is 2.07. The Kier molecular flexibility index (Phi) is 7.82. The number of aliphatic hydroxyl groups is 1. The fourth-order valence-corrected chi connectivity index (χ4v) is 2.35. The first-order valence-electron chi connectivity index (χ1n) is 7.15. The third-order valence-corrected chi connectivity index (χ3v) is 3.64. The van der Waals surface area contributed by atoms with Gasteiger partial charge in [-0.05, 0) is 31.6 Å². The van der Waals surface area contributed by atoms with Gasteiger partial charge in [-0.15, -0.1) is 0 Å². The van der Waals surface area contributed by atoms with E-state index < -0.39 is 0 Å². The normalized spacial score (nSPS) is 29.5. The number of rotatable bonds is 8. The summed E-state index contributed by atoms with van der Waals surface area (Å²) in [6, 6.07) is 0. The summed E-state index contributed by atoms with van der Waals surface area (Å²) in [6.45, 7) is 6.46. The van der Waals surface area contributed by atoms with Crippen molar-refractivity contribution in [3.05, 3.63) is 0 Å². The predicted octanol–water partition coefficient (Wildman–Crippen LogP) is 2.76. The van der Waals surface area contributed by atoms with Gasteiger partial charge in [0.2, 0.25) is 0 Å². The molecule has 0 radical (unpaired) electrons. The van der Waals surface area contributed by atoms with E-state index in [0.29, 0.717) is 13.2 Å². The average Bonchev–Trinajstić information content (AvgIpc) is 2.35. The summed E-state index contributed by atoms with van der Waals surface area (Å²) >= 11 is 0. The molecule has 0 amide bonds. The lowest BCUT2D eigenvalue weighted by Gasteiger charge is -2.32. The minimum Gasteiger partial charge on any atom is -0.390 e. The van der Waals surface area contributed by atoms with Gasteiger partial charge in [-0.2, -0.15) is 0 Å². The van der Waals surface area contributed by atoms with Crippen molar-refractivity contribution < 1.29 is 14.6 Å². The van der Waals surface area contributed by atoms with Crippen molar-refractivity contribution in [2.75, 3.05) is 19.8 Å². The second-order valence-corrected chi connectivity index (χ2v) is 5.03. The molecule has 0 heterocycles. The maximum absolute atomic E-state index is 9.86. The molecule has 3 atom stereocenters. The molecule has 1 aliphatic rings. The molecule has 17 heavy (non-hydrogen) atoms. The van der Waals surface area contributed by atoms with E-state index >= 15 is 0 Å². The lowest BCUT2D eigenvalue weighted by Crippen LogP contribution is -2.36. The highest BCUT2D eigenvalue weighted by molar-refractivity contribution is 4.79. The standard InChI is InChI=1S/C14H28O3/c1-3-5-8-16-9-10-17-14-11-12(4-2)6-7-13(14)15/h12-15H,3-11H2,1-2H3. The first kappa shape index (κ1) is 14.9. The highest BCUT2D eigenvalue weighted by atomic mass is 16.5. The summed E-state index contributed by atoms with van der Waals surface area (Å²) in [7, 11) is 0. The van der Waals surface area contributed by atoms with E-state index in [1.807, 2.05) is 0 Å². The van der Waals surface area contributed by atoms with Crippen LogP contribution in [-0.2, 0) is 9.47 Å². The molecule has 1 fully saturated rings. The van der Waals surface area contributed by atoms with Crippen molar-refractivity contribution in [3.8, 4) is 0 Å². The van der Waals surface area contributed by atoms with Crippen molar-refractivity contribution in [2.45, 2.75) is 64.6 Å². The van der Waals surface area contributed by atoms with Gasteiger partial charge in [0, 0.05) is 6.61 Å². The zero-order valence-electron chi connectivity index (χ0n) is 11.4. The van der Waals surface area contributed by atoms with Crippen molar-refractivity contribution in [2.24, 2.45) is 5.92 Å². The van der Waals surface area contributed by atoms with E-state index in [9.17, 15) is 5.11 Å². The number of unbranched alkanes of at least 4 members (excludes halogenated alkanes) is 1. The van der Waals surface area contributed by atoms with E-state index in [4.69, 9.17) is 9.47 Å². The molecule has 0 aromatic carbocycles. The number of ether oxygens (including phenoxy) is 2. The van der Waals surface area contributed by atoms with Crippen LogP contribution >= 0.6 is 0 Å². The Hall–Kier alpha value is -0.120. The second-order valence-electron chi connectivity index (χ2n) is 5.03. The summed E-state index contributed by atoms with van der Waals surface area (Å²) in [5.74, 6) is 0.726. The van der Waals surface area contributed by atoms with Crippen LogP contribution in [0.5, 0.6) is 0 Å². The molecular formula is C14H28O3. The lowest BCUT2D eigenvalue weighted by atomic mass is 9.84. The molecule has 102 valence electrons. The van der Waals surface area contributed by atoms with Gasteiger partial charge in [0.05, 0.1) is 25.4 Å². The van der Waals surface area contributed by atoms with Crippen LogP contribution in [0, 0.1) is 5.92 Å². The van der Waals surface area contributed by atoms with Crippen LogP contribution < -0.4 is 0 Å². The van der Waals surface area contributed by atoms with Crippen LogP contribution in [0.3, 0.4) is 0 Å². The summed E-state index contributed by atoms with van der Waals surface area (Å²) in [4.78, 5) is 0. The lowest BCUT2D eigenvalue weighted by molar-refractivity contribution is -0.0845. The molecule has 0 aliphatic heterocycles. The van der Waals surface area contributed by atoms with Crippen LogP contribution in [0.15, 0.2) is 0 Å². The first-order chi connectivity index (χ1) is 8.27. The molecule has 1 aliphatic carbocycles. The highest BCUT2D eigenvalue weighted by Gasteiger charge is 2.28. The van der Waals surface area contributed by atoms with Gasteiger partial charge < -0.3 is 14.6 Å².